The largest absolute Gasteiger partial charge is 0.488 e. The molecule has 2 rings (SSSR count). The number of rotatable bonds is 3. The van der Waals surface area contributed by atoms with Crippen molar-refractivity contribution in [3.05, 3.63) is 56.5 Å². The fraction of sp³-hybridized carbons (Fsp3) is 0.0833. The lowest BCUT2D eigenvalue weighted by atomic mass is 10.3. The average Bonchev–Trinajstić information content (AvgIpc) is 2.32. The summed E-state index contributed by atoms with van der Waals surface area (Å²) in [5.41, 5.74) is 0.845. The van der Waals surface area contributed by atoms with Crippen molar-refractivity contribution in [1.82, 2.24) is 4.98 Å². The molecule has 6 heteroatoms. The van der Waals surface area contributed by atoms with Gasteiger partial charge >= 0.3 is 0 Å². The topological polar surface area (TPSA) is 22.1 Å². The summed E-state index contributed by atoms with van der Waals surface area (Å²) >= 11 is 14.6. The quantitative estimate of drug-likeness (QED) is 0.582. The molecule has 94 valence electrons. The maximum Gasteiger partial charge on any atom is 0.145 e. The zero-order valence-corrected chi connectivity index (χ0v) is 12.1. The summed E-state index contributed by atoms with van der Waals surface area (Å²) < 4.78 is 19.4. The van der Waals surface area contributed by atoms with Gasteiger partial charge in [-0.3, -0.25) is 0 Å². The Morgan fingerprint density at radius 3 is 2.78 bits per heavy atom. The Bertz CT molecular complexity index is 580. The number of hydrogen-bond acceptors (Lipinski definition) is 2. The van der Waals surface area contributed by atoms with E-state index in [4.69, 9.17) is 27.9 Å². The van der Waals surface area contributed by atoms with E-state index in [1.807, 2.05) is 0 Å². The smallest absolute Gasteiger partial charge is 0.145 e. The second-order valence-corrected chi connectivity index (χ2v) is 5.12. The number of halogens is 4. The second-order valence-electron chi connectivity index (χ2n) is 3.47. The minimum absolute atomic E-state index is 0.0428. The number of hydrogen-bond donors (Lipinski definition) is 0. The lowest BCUT2D eigenvalue weighted by molar-refractivity contribution is 0.302. The predicted octanol–water partition coefficient (Wildman–Crippen LogP) is 4.87. The molecule has 0 atom stereocenters. The lowest BCUT2D eigenvalue weighted by Gasteiger charge is -2.09. The molecule has 0 saturated carbocycles. The first-order chi connectivity index (χ1) is 8.56. The van der Waals surface area contributed by atoms with Crippen LogP contribution in [0.2, 0.25) is 10.2 Å². The van der Waals surface area contributed by atoms with Gasteiger partial charge in [-0.05, 0) is 39.7 Å². The summed E-state index contributed by atoms with van der Waals surface area (Å²) in [5.74, 6) is -0.146. The number of benzene rings is 1. The van der Waals surface area contributed by atoms with Crippen LogP contribution in [0.15, 0.2) is 34.9 Å². The molecule has 0 amide bonds. The van der Waals surface area contributed by atoms with E-state index in [1.54, 1.807) is 18.3 Å². The molecule has 0 saturated heterocycles. The Kier molecular flexibility index (Phi) is 4.43. The Hall–Kier alpha value is -0.840. The fourth-order valence-electron chi connectivity index (χ4n) is 1.31. The summed E-state index contributed by atoms with van der Waals surface area (Å²) in [7, 11) is 0. The van der Waals surface area contributed by atoms with Gasteiger partial charge in [0.25, 0.3) is 0 Å². The van der Waals surface area contributed by atoms with Crippen LogP contribution in [-0.2, 0) is 6.61 Å². The first kappa shape index (κ1) is 13.6. The van der Waals surface area contributed by atoms with Gasteiger partial charge in [-0.1, -0.05) is 23.2 Å². The number of aromatic nitrogens is 1. The summed E-state index contributed by atoms with van der Waals surface area (Å²) in [6.07, 6.45) is 1.58. The molecule has 0 spiro atoms. The molecule has 0 aliphatic rings. The summed E-state index contributed by atoms with van der Waals surface area (Å²) in [6, 6.07) is 6.13. The summed E-state index contributed by atoms with van der Waals surface area (Å²) in [4.78, 5) is 3.86. The first-order valence-corrected chi connectivity index (χ1v) is 6.49. The highest BCUT2D eigenvalue weighted by molar-refractivity contribution is 9.10. The van der Waals surface area contributed by atoms with Crippen molar-refractivity contribution in [1.29, 1.82) is 0 Å². The van der Waals surface area contributed by atoms with Crippen LogP contribution in [-0.4, -0.2) is 4.98 Å². The zero-order chi connectivity index (χ0) is 13.1. The Labute approximate surface area is 122 Å². The van der Waals surface area contributed by atoms with Crippen LogP contribution in [0, 0.1) is 5.82 Å². The Balaban J connectivity index is 2.13. The van der Waals surface area contributed by atoms with E-state index in [9.17, 15) is 4.39 Å². The molecule has 0 unspecified atom stereocenters. The highest BCUT2D eigenvalue weighted by atomic mass is 79.9. The first-order valence-electron chi connectivity index (χ1n) is 4.94. The molecular weight excluding hydrogens is 344 g/mol. The molecule has 2 nitrogen and oxygen atoms in total. The van der Waals surface area contributed by atoms with Gasteiger partial charge in [0.2, 0.25) is 0 Å². The van der Waals surface area contributed by atoms with Gasteiger partial charge < -0.3 is 4.74 Å². The van der Waals surface area contributed by atoms with Gasteiger partial charge in [0.05, 0.1) is 9.50 Å². The van der Waals surface area contributed by atoms with Gasteiger partial charge in [0.1, 0.15) is 23.3 Å². The highest BCUT2D eigenvalue weighted by Crippen LogP contribution is 2.31. The van der Waals surface area contributed by atoms with Crippen molar-refractivity contribution in [3.63, 3.8) is 0 Å². The molecule has 0 aliphatic carbocycles. The third-order valence-corrected chi connectivity index (χ3v) is 3.28. The lowest BCUT2D eigenvalue weighted by Crippen LogP contribution is -1.97. The molecule has 0 radical (unpaired) electrons. The molecule has 1 aromatic carbocycles. The summed E-state index contributed by atoms with van der Waals surface area (Å²) in [5, 5.41) is 0.429. The molecular formula is C12H7BrCl2FNO. The van der Waals surface area contributed by atoms with E-state index < -0.39 is 5.82 Å². The van der Waals surface area contributed by atoms with Crippen LogP contribution in [0.25, 0.3) is 0 Å². The molecule has 0 bridgehead atoms. The number of ether oxygens (including phenoxy) is 1. The van der Waals surface area contributed by atoms with Crippen molar-refractivity contribution in [3.8, 4) is 5.75 Å². The van der Waals surface area contributed by atoms with Crippen molar-refractivity contribution in [2.45, 2.75) is 6.61 Å². The average molecular weight is 351 g/mol. The maximum atomic E-state index is 13.3. The molecule has 2 aromatic rings. The molecule has 1 heterocycles. The van der Waals surface area contributed by atoms with Crippen molar-refractivity contribution in [2.24, 2.45) is 0 Å². The van der Waals surface area contributed by atoms with E-state index in [0.717, 1.165) is 5.56 Å². The van der Waals surface area contributed by atoms with E-state index in [1.165, 1.54) is 12.1 Å². The Morgan fingerprint density at radius 1 is 1.28 bits per heavy atom. The SMILES string of the molecule is Fc1cc(OCc2ccnc(Cl)c2)c(Br)cc1Cl. The summed E-state index contributed by atoms with van der Waals surface area (Å²) in [6.45, 7) is 0.266. The normalized spacial score (nSPS) is 10.4. The maximum absolute atomic E-state index is 13.3. The standard InChI is InChI=1S/C12H7BrCl2FNO/c13-8-4-9(14)10(16)5-11(8)18-6-7-1-2-17-12(15)3-7/h1-5H,6H2. The molecule has 0 aliphatic heterocycles. The van der Waals surface area contributed by atoms with Crippen LogP contribution in [0.4, 0.5) is 4.39 Å². The molecule has 18 heavy (non-hydrogen) atoms. The number of pyridine rings is 1. The van der Waals surface area contributed by atoms with Gasteiger partial charge in [0, 0.05) is 12.3 Å². The minimum atomic E-state index is -0.525. The Morgan fingerprint density at radius 2 is 2.06 bits per heavy atom. The monoisotopic (exact) mass is 349 g/mol. The third kappa shape index (κ3) is 3.34. The highest BCUT2D eigenvalue weighted by Gasteiger charge is 2.08. The van der Waals surface area contributed by atoms with E-state index >= 15 is 0 Å². The van der Waals surface area contributed by atoms with Gasteiger partial charge in [-0.25, -0.2) is 9.37 Å². The van der Waals surface area contributed by atoms with E-state index in [0.29, 0.717) is 15.4 Å². The molecule has 0 N–H and O–H groups in total. The zero-order valence-electron chi connectivity index (χ0n) is 8.96. The van der Waals surface area contributed by atoms with E-state index in [2.05, 4.69) is 20.9 Å². The van der Waals surface area contributed by atoms with Crippen LogP contribution in [0.3, 0.4) is 0 Å². The fourth-order valence-corrected chi connectivity index (χ4v) is 2.26. The van der Waals surface area contributed by atoms with Crippen LogP contribution < -0.4 is 4.74 Å². The van der Waals surface area contributed by atoms with Crippen molar-refractivity contribution >= 4 is 39.1 Å². The molecule has 1 aromatic heterocycles. The third-order valence-electron chi connectivity index (χ3n) is 2.16. The van der Waals surface area contributed by atoms with Crippen LogP contribution >= 0.6 is 39.1 Å². The van der Waals surface area contributed by atoms with Crippen LogP contribution in [0.5, 0.6) is 5.75 Å². The van der Waals surface area contributed by atoms with Crippen molar-refractivity contribution in [2.75, 3.05) is 0 Å². The van der Waals surface area contributed by atoms with Gasteiger partial charge in [0.15, 0.2) is 0 Å². The predicted molar refractivity (Wildman–Crippen MR) is 72.7 cm³/mol. The van der Waals surface area contributed by atoms with Gasteiger partial charge in [-0.15, -0.1) is 0 Å². The van der Waals surface area contributed by atoms with E-state index in [-0.39, 0.29) is 11.6 Å². The molecule has 0 fully saturated rings. The van der Waals surface area contributed by atoms with Gasteiger partial charge in [-0.2, -0.15) is 0 Å². The minimum Gasteiger partial charge on any atom is -0.488 e. The number of nitrogens with zero attached hydrogens (tertiary/aromatic N) is 1. The second kappa shape index (κ2) is 5.87. The van der Waals surface area contributed by atoms with Crippen LogP contribution in [0.1, 0.15) is 5.56 Å². The van der Waals surface area contributed by atoms with Crippen molar-refractivity contribution < 1.29 is 9.13 Å².